The van der Waals surface area contributed by atoms with Crippen LogP contribution in [0.2, 0.25) is 0 Å². The van der Waals surface area contributed by atoms with E-state index in [9.17, 15) is 14.9 Å². The van der Waals surface area contributed by atoms with Gasteiger partial charge in [-0.15, -0.1) is 0 Å². The zero-order valence-electron chi connectivity index (χ0n) is 21.6. The van der Waals surface area contributed by atoms with Gasteiger partial charge in [0.15, 0.2) is 0 Å². The van der Waals surface area contributed by atoms with Crippen LogP contribution in [0.15, 0.2) is 119 Å². The number of fused-ring (bicyclic) bond motifs is 4. The van der Waals surface area contributed by atoms with E-state index in [0.29, 0.717) is 17.5 Å². The number of benzene rings is 5. The maximum absolute atomic E-state index is 13.8. The third-order valence-electron chi connectivity index (χ3n) is 8.01. The van der Waals surface area contributed by atoms with Gasteiger partial charge < -0.3 is 0 Å². The first-order valence-electron chi connectivity index (χ1n) is 13.3. The number of para-hydroxylation sites is 2. The Balaban J connectivity index is 1.34. The third kappa shape index (κ3) is 3.44. The van der Waals surface area contributed by atoms with Crippen molar-refractivity contribution in [3.8, 4) is 0 Å². The maximum Gasteiger partial charge on any atom is 0.269 e. The van der Waals surface area contributed by atoms with Crippen molar-refractivity contribution in [1.29, 1.82) is 0 Å². The van der Waals surface area contributed by atoms with E-state index in [1.54, 1.807) is 16.5 Å². The largest absolute Gasteiger partial charge is 0.269 e. The number of nitro benzene ring substituents is 1. The third-order valence-corrected chi connectivity index (χ3v) is 8.01. The number of non-ortho nitro benzene ring substituents is 1. The Hall–Kier alpha value is -5.63. The van der Waals surface area contributed by atoms with E-state index in [1.165, 1.54) is 12.1 Å². The van der Waals surface area contributed by atoms with Crippen molar-refractivity contribution in [2.45, 2.75) is 12.5 Å². The van der Waals surface area contributed by atoms with E-state index >= 15 is 0 Å². The molecule has 0 saturated heterocycles. The summed E-state index contributed by atoms with van der Waals surface area (Å²) in [5.74, 6) is 0. The predicted octanol–water partition coefficient (Wildman–Crippen LogP) is 6.86. The highest BCUT2D eigenvalue weighted by Gasteiger charge is 2.31. The van der Waals surface area contributed by atoms with Crippen LogP contribution in [0.4, 0.5) is 11.4 Å². The SMILES string of the molecule is O=c1c2ccc(C3=NN(c4ccc([N+](=O)[O-])cc4)[C@H](c4ccccc4)C3)c3cccc(c32)c2nc3ccccc3n12. The average Bonchev–Trinajstić information content (AvgIpc) is 3.63. The van der Waals surface area contributed by atoms with Crippen molar-refractivity contribution in [3.63, 3.8) is 0 Å². The second kappa shape index (κ2) is 8.69. The molecule has 3 heterocycles. The van der Waals surface area contributed by atoms with Gasteiger partial charge in [0.1, 0.15) is 5.65 Å². The highest BCUT2D eigenvalue weighted by Crippen LogP contribution is 2.39. The minimum Gasteiger partial charge on any atom is -0.268 e. The van der Waals surface area contributed by atoms with E-state index in [0.717, 1.165) is 49.7 Å². The van der Waals surface area contributed by atoms with E-state index < -0.39 is 4.92 Å². The van der Waals surface area contributed by atoms with Gasteiger partial charge in [-0.1, -0.05) is 66.7 Å². The summed E-state index contributed by atoms with van der Waals surface area (Å²) < 4.78 is 1.71. The lowest BCUT2D eigenvalue weighted by Crippen LogP contribution is -2.18. The van der Waals surface area contributed by atoms with E-state index in [4.69, 9.17) is 10.1 Å². The molecule has 0 bridgehead atoms. The molecule has 0 saturated carbocycles. The van der Waals surface area contributed by atoms with Gasteiger partial charge in [-0.3, -0.25) is 24.3 Å². The van der Waals surface area contributed by atoms with Crippen LogP contribution in [0.25, 0.3) is 38.2 Å². The van der Waals surface area contributed by atoms with Crippen molar-refractivity contribution in [2.75, 3.05) is 5.01 Å². The Labute approximate surface area is 232 Å². The maximum atomic E-state index is 13.8. The van der Waals surface area contributed by atoms with Gasteiger partial charge >= 0.3 is 0 Å². The highest BCUT2D eigenvalue weighted by molar-refractivity contribution is 6.22. The lowest BCUT2D eigenvalue weighted by molar-refractivity contribution is -0.384. The number of aromatic nitrogens is 2. The standard InChI is InChI=1S/C33H21N5O3/c39-33-26-18-17-23(24-9-6-10-25(31(24)26)32-34-27-11-4-5-12-29(27)36(32)33)28-19-30(20-7-2-1-3-8-20)37(35-28)21-13-15-22(16-14-21)38(40)41/h1-18,30H,19H2/t30-/m0/s1. The van der Waals surface area contributed by atoms with E-state index in [1.807, 2.05) is 77.8 Å². The number of anilines is 1. The summed E-state index contributed by atoms with van der Waals surface area (Å²) in [6.45, 7) is 0. The zero-order valence-corrected chi connectivity index (χ0v) is 21.6. The fourth-order valence-corrected chi connectivity index (χ4v) is 6.13. The molecule has 0 aliphatic carbocycles. The topological polar surface area (TPSA) is 93.1 Å². The van der Waals surface area contributed by atoms with Crippen molar-refractivity contribution in [3.05, 3.63) is 141 Å². The van der Waals surface area contributed by atoms with Crippen LogP contribution in [0.1, 0.15) is 23.6 Å². The molecule has 0 fully saturated rings. The summed E-state index contributed by atoms with van der Waals surface area (Å²) in [5.41, 5.74) is 5.87. The zero-order chi connectivity index (χ0) is 27.7. The predicted molar refractivity (Wildman–Crippen MR) is 161 cm³/mol. The lowest BCUT2D eigenvalue weighted by Gasteiger charge is -2.23. The number of nitrogens with zero attached hydrogens (tertiary/aromatic N) is 5. The van der Waals surface area contributed by atoms with Gasteiger partial charge in [0.25, 0.3) is 11.2 Å². The first-order chi connectivity index (χ1) is 20.1. The smallest absolute Gasteiger partial charge is 0.268 e. The Morgan fingerprint density at radius 3 is 2.34 bits per heavy atom. The molecule has 1 atom stereocenters. The molecule has 0 spiro atoms. The Bertz CT molecular complexity index is 2240. The second-order valence-corrected chi connectivity index (χ2v) is 10.2. The van der Waals surface area contributed by atoms with Crippen molar-refractivity contribution < 1.29 is 4.92 Å². The number of rotatable bonds is 4. The minimum absolute atomic E-state index is 0.0349. The summed E-state index contributed by atoms with van der Waals surface area (Å²) in [4.78, 5) is 29.5. The van der Waals surface area contributed by atoms with Crippen LogP contribution < -0.4 is 10.6 Å². The molecule has 0 unspecified atom stereocenters. The number of hydrogen-bond acceptors (Lipinski definition) is 6. The summed E-state index contributed by atoms with van der Waals surface area (Å²) in [6.07, 6.45) is 0.631. The molecule has 5 aromatic carbocycles. The van der Waals surface area contributed by atoms with Gasteiger partial charge in [-0.25, -0.2) is 4.98 Å². The van der Waals surface area contributed by atoms with Crippen LogP contribution >= 0.6 is 0 Å². The molecule has 7 aromatic rings. The van der Waals surface area contributed by atoms with Crippen molar-refractivity contribution in [1.82, 2.24) is 9.38 Å². The van der Waals surface area contributed by atoms with Crippen LogP contribution in [-0.2, 0) is 0 Å². The molecular formula is C33H21N5O3. The normalized spacial score (nSPS) is 15.4. The van der Waals surface area contributed by atoms with Gasteiger partial charge in [0.05, 0.1) is 33.4 Å². The molecule has 2 aromatic heterocycles. The van der Waals surface area contributed by atoms with Crippen molar-refractivity contribution >= 4 is 55.3 Å². The molecule has 1 aliphatic rings. The number of imidazole rings is 1. The average molecular weight is 536 g/mol. The van der Waals surface area contributed by atoms with E-state index in [-0.39, 0.29) is 17.3 Å². The first-order valence-corrected chi connectivity index (χ1v) is 13.3. The van der Waals surface area contributed by atoms with Gasteiger partial charge in [-0.2, -0.15) is 5.10 Å². The molecule has 0 radical (unpaired) electrons. The molecule has 1 aliphatic heterocycles. The number of hydrogen-bond donors (Lipinski definition) is 0. The minimum atomic E-state index is -0.401. The molecular weight excluding hydrogens is 514 g/mol. The molecule has 8 rings (SSSR count). The lowest BCUT2D eigenvalue weighted by atomic mass is 9.92. The monoisotopic (exact) mass is 535 g/mol. The molecule has 0 amide bonds. The van der Waals surface area contributed by atoms with E-state index in [2.05, 4.69) is 12.1 Å². The summed E-state index contributed by atoms with van der Waals surface area (Å²) in [5, 5.41) is 21.7. The molecule has 196 valence electrons. The Kier molecular flexibility index (Phi) is 4.93. The van der Waals surface area contributed by atoms with Gasteiger partial charge in [0.2, 0.25) is 0 Å². The molecule has 0 N–H and O–H groups in total. The molecule has 8 heteroatoms. The number of hydrazone groups is 1. The van der Waals surface area contributed by atoms with Crippen LogP contribution in [-0.4, -0.2) is 20.0 Å². The Morgan fingerprint density at radius 1 is 0.780 bits per heavy atom. The second-order valence-electron chi connectivity index (χ2n) is 10.2. The Morgan fingerprint density at radius 2 is 1.54 bits per heavy atom. The highest BCUT2D eigenvalue weighted by atomic mass is 16.6. The van der Waals surface area contributed by atoms with Crippen molar-refractivity contribution in [2.24, 2.45) is 5.10 Å². The van der Waals surface area contributed by atoms with Gasteiger partial charge in [0, 0.05) is 40.3 Å². The molecule has 41 heavy (non-hydrogen) atoms. The quantitative estimate of drug-likeness (QED) is 0.181. The fourth-order valence-electron chi connectivity index (χ4n) is 6.13. The van der Waals surface area contributed by atoms with Gasteiger partial charge in [-0.05, 0) is 41.3 Å². The van der Waals surface area contributed by atoms with Crippen LogP contribution in [0.5, 0.6) is 0 Å². The summed E-state index contributed by atoms with van der Waals surface area (Å²) >= 11 is 0. The van der Waals surface area contributed by atoms with Crippen LogP contribution in [0.3, 0.4) is 0 Å². The first kappa shape index (κ1) is 23.3. The summed E-state index contributed by atoms with van der Waals surface area (Å²) in [6, 6.07) is 34.2. The number of nitro groups is 1. The molecule has 8 nitrogen and oxygen atoms in total. The summed E-state index contributed by atoms with van der Waals surface area (Å²) in [7, 11) is 0. The fraction of sp³-hybridized carbons (Fsp3) is 0.0606. The van der Waals surface area contributed by atoms with Crippen LogP contribution in [0, 0.1) is 10.1 Å². The number of pyridine rings is 1.